The Morgan fingerprint density at radius 3 is 2.25 bits per heavy atom. The summed E-state index contributed by atoms with van der Waals surface area (Å²) in [5, 5.41) is 0. The Bertz CT molecular complexity index is 615. The van der Waals surface area contributed by atoms with E-state index in [0.29, 0.717) is 22.9 Å². The van der Waals surface area contributed by atoms with Gasteiger partial charge in [-0.3, -0.25) is 4.79 Å². The van der Waals surface area contributed by atoms with Crippen molar-refractivity contribution in [3.63, 3.8) is 0 Å². The van der Waals surface area contributed by atoms with Crippen LogP contribution in [0.3, 0.4) is 0 Å². The molecule has 3 heteroatoms. The maximum atomic E-state index is 11.3. The topological polar surface area (TPSA) is 52.3 Å². The Morgan fingerprint density at radius 1 is 1.10 bits per heavy atom. The van der Waals surface area contributed by atoms with Gasteiger partial charge in [0.05, 0.1) is 5.69 Å². The van der Waals surface area contributed by atoms with E-state index in [-0.39, 0.29) is 5.78 Å². The average Bonchev–Trinajstić information content (AvgIpc) is 2.41. The van der Waals surface area contributed by atoms with Crippen molar-refractivity contribution in [3.8, 4) is 11.5 Å². The van der Waals surface area contributed by atoms with Crippen molar-refractivity contribution in [3.05, 3.63) is 53.6 Å². The molecule has 2 aromatic rings. The highest BCUT2D eigenvalue weighted by molar-refractivity contribution is 5.95. The average molecular weight is 269 g/mol. The molecule has 0 saturated carbocycles. The summed E-state index contributed by atoms with van der Waals surface area (Å²) in [7, 11) is 0. The minimum Gasteiger partial charge on any atom is -0.455 e. The molecule has 2 aromatic carbocycles. The molecule has 3 nitrogen and oxygen atoms in total. The molecular weight excluding hydrogens is 250 g/mol. The highest BCUT2D eigenvalue weighted by Crippen LogP contribution is 2.29. The number of hydrogen-bond donors (Lipinski definition) is 1. The van der Waals surface area contributed by atoms with Crippen molar-refractivity contribution in [2.45, 2.75) is 26.7 Å². The summed E-state index contributed by atoms with van der Waals surface area (Å²) in [5.41, 5.74) is 8.22. The first kappa shape index (κ1) is 14.1. The van der Waals surface area contributed by atoms with Crippen LogP contribution in [0.5, 0.6) is 11.5 Å². The van der Waals surface area contributed by atoms with Gasteiger partial charge < -0.3 is 10.5 Å². The number of hydrogen-bond acceptors (Lipinski definition) is 3. The number of nitrogen functional groups attached to an aromatic ring is 1. The third kappa shape index (κ3) is 3.18. The lowest BCUT2D eigenvalue weighted by molar-refractivity contribution is 0.101. The standard InChI is InChI=1S/C17H19NO2/c1-11(2)13-4-7-15(8-5-13)20-17-9-6-14(12(3)19)10-16(17)18/h4-11H,18H2,1-3H3. The fourth-order valence-corrected chi connectivity index (χ4v) is 1.91. The number of Topliss-reactive ketones (excluding diaryl/α,β-unsaturated/α-hetero) is 1. The highest BCUT2D eigenvalue weighted by atomic mass is 16.5. The fourth-order valence-electron chi connectivity index (χ4n) is 1.91. The van der Waals surface area contributed by atoms with E-state index in [4.69, 9.17) is 10.5 Å². The zero-order valence-electron chi connectivity index (χ0n) is 12.0. The molecule has 2 rings (SSSR count). The Hall–Kier alpha value is -2.29. The van der Waals surface area contributed by atoms with Gasteiger partial charge in [0.2, 0.25) is 0 Å². The number of carbonyl (C=O) groups is 1. The number of ketones is 1. The van der Waals surface area contributed by atoms with Crippen LogP contribution in [0.15, 0.2) is 42.5 Å². The summed E-state index contributed by atoms with van der Waals surface area (Å²) in [5.74, 6) is 1.78. The molecule has 0 unspecified atom stereocenters. The molecule has 0 aromatic heterocycles. The zero-order chi connectivity index (χ0) is 14.7. The van der Waals surface area contributed by atoms with E-state index in [1.807, 2.05) is 24.3 Å². The van der Waals surface area contributed by atoms with Crippen LogP contribution in [-0.4, -0.2) is 5.78 Å². The van der Waals surface area contributed by atoms with Crippen LogP contribution in [0, 0.1) is 0 Å². The number of ether oxygens (including phenoxy) is 1. The predicted octanol–water partition coefficient (Wildman–Crippen LogP) is 4.39. The first-order valence-electron chi connectivity index (χ1n) is 6.65. The maximum absolute atomic E-state index is 11.3. The van der Waals surface area contributed by atoms with Gasteiger partial charge in [-0.2, -0.15) is 0 Å². The molecule has 104 valence electrons. The minimum atomic E-state index is -0.00969. The molecule has 0 radical (unpaired) electrons. The molecular formula is C17H19NO2. The van der Waals surface area contributed by atoms with E-state index in [1.54, 1.807) is 18.2 Å². The second kappa shape index (κ2) is 5.78. The Balaban J connectivity index is 2.19. The van der Waals surface area contributed by atoms with Gasteiger partial charge in [-0.15, -0.1) is 0 Å². The van der Waals surface area contributed by atoms with E-state index in [9.17, 15) is 4.79 Å². The van der Waals surface area contributed by atoms with Gasteiger partial charge in [-0.05, 0) is 48.7 Å². The van der Waals surface area contributed by atoms with Crippen molar-refractivity contribution in [2.24, 2.45) is 0 Å². The van der Waals surface area contributed by atoms with Crippen LogP contribution < -0.4 is 10.5 Å². The first-order valence-corrected chi connectivity index (χ1v) is 6.65. The Labute approximate surface area is 119 Å². The number of benzene rings is 2. The van der Waals surface area contributed by atoms with Crippen molar-refractivity contribution in [1.29, 1.82) is 0 Å². The molecule has 0 bridgehead atoms. The minimum absolute atomic E-state index is 0.00969. The Morgan fingerprint density at radius 2 is 1.75 bits per heavy atom. The van der Waals surface area contributed by atoms with Crippen molar-refractivity contribution < 1.29 is 9.53 Å². The summed E-state index contributed by atoms with van der Waals surface area (Å²) >= 11 is 0. The van der Waals surface area contributed by atoms with Gasteiger partial charge in [0.15, 0.2) is 5.78 Å². The number of rotatable bonds is 4. The lowest BCUT2D eigenvalue weighted by Crippen LogP contribution is -1.97. The maximum Gasteiger partial charge on any atom is 0.159 e. The summed E-state index contributed by atoms with van der Waals surface area (Å²) in [4.78, 5) is 11.3. The van der Waals surface area contributed by atoms with Gasteiger partial charge in [-0.1, -0.05) is 26.0 Å². The number of carbonyl (C=O) groups excluding carboxylic acids is 1. The molecule has 0 saturated heterocycles. The summed E-state index contributed by atoms with van der Waals surface area (Å²) in [6.07, 6.45) is 0. The second-order valence-corrected chi connectivity index (χ2v) is 5.13. The van der Waals surface area contributed by atoms with Crippen molar-refractivity contribution in [2.75, 3.05) is 5.73 Å². The van der Waals surface area contributed by atoms with Gasteiger partial charge in [-0.25, -0.2) is 0 Å². The molecule has 0 fully saturated rings. The molecule has 0 aliphatic rings. The molecule has 0 amide bonds. The van der Waals surface area contributed by atoms with Crippen molar-refractivity contribution in [1.82, 2.24) is 0 Å². The first-order chi connectivity index (χ1) is 9.47. The van der Waals surface area contributed by atoms with Crippen LogP contribution in [0.25, 0.3) is 0 Å². The van der Waals surface area contributed by atoms with E-state index in [1.165, 1.54) is 12.5 Å². The van der Waals surface area contributed by atoms with E-state index >= 15 is 0 Å². The molecule has 20 heavy (non-hydrogen) atoms. The summed E-state index contributed by atoms with van der Waals surface area (Å²) in [6.45, 7) is 5.81. The van der Waals surface area contributed by atoms with Crippen molar-refractivity contribution >= 4 is 11.5 Å². The molecule has 0 aliphatic heterocycles. The molecule has 0 atom stereocenters. The van der Waals surface area contributed by atoms with Crippen LogP contribution in [0.4, 0.5) is 5.69 Å². The normalized spacial score (nSPS) is 10.6. The SMILES string of the molecule is CC(=O)c1ccc(Oc2ccc(C(C)C)cc2)c(N)c1. The molecule has 0 aliphatic carbocycles. The van der Waals surface area contributed by atoms with E-state index in [2.05, 4.69) is 13.8 Å². The number of anilines is 1. The lowest BCUT2D eigenvalue weighted by Gasteiger charge is -2.11. The third-order valence-corrected chi connectivity index (χ3v) is 3.19. The smallest absolute Gasteiger partial charge is 0.159 e. The summed E-state index contributed by atoms with van der Waals surface area (Å²) in [6, 6.07) is 13.0. The van der Waals surface area contributed by atoms with Crippen LogP contribution in [-0.2, 0) is 0 Å². The van der Waals surface area contributed by atoms with Gasteiger partial charge in [0.1, 0.15) is 11.5 Å². The molecule has 2 N–H and O–H groups in total. The predicted molar refractivity (Wildman–Crippen MR) is 81.5 cm³/mol. The van der Waals surface area contributed by atoms with E-state index in [0.717, 1.165) is 5.75 Å². The lowest BCUT2D eigenvalue weighted by atomic mass is 10.0. The second-order valence-electron chi connectivity index (χ2n) is 5.13. The fraction of sp³-hybridized carbons (Fsp3) is 0.235. The largest absolute Gasteiger partial charge is 0.455 e. The molecule has 0 heterocycles. The quantitative estimate of drug-likeness (QED) is 0.661. The van der Waals surface area contributed by atoms with Gasteiger partial charge in [0.25, 0.3) is 0 Å². The van der Waals surface area contributed by atoms with Crippen LogP contribution in [0.1, 0.15) is 42.6 Å². The Kier molecular flexibility index (Phi) is 4.08. The zero-order valence-corrected chi connectivity index (χ0v) is 12.0. The van der Waals surface area contributed by atoms with Crippen LogP contribution >= 0.6 is 0 Å². The number of nitrogens with two attached hydrogens (primary N) is 1. The van der Waals surface area contributed by atoms with Gasteiger partial charge >= 0.3 is 0 Å². The van der Waals surface area contributed by atoms with Gasteiger partial charge in [0, 0.05) is 5.56 Å². The highest BCUT2D eigenvalue weighted by Gasteiger charge is 2.06. The van der Waals surface area contributed by atoms with Crippen LogP contribution in [0.2, 0.25) is 0 Å². The molecule has 0 spiro atoms. The van der Waals surface area contributed by atoms with E-state index < -0.39 is 0 Å². The monoisotopic (exact) mass is 269 g/mol. The summed E-state index contributed by atoms with van der Waals surface area (Å²) < 4.78 is 5.74. The third-order valence-electron chi connectivity index (χ3n) is 3.19.